The van der Waals surface area contributed by atoms with Crippen LogP contribution in [0.1, 0.15) is 20.3 Å². The van der Waals surface area contributed by atoms with Crippen LogP contribution in [0.5, 0.6) is 0 Å². The molecule has 0 aliphatic heterocycles. The van der Waals surface area contributed by atoms with Crippen molar-refractivity contribution in [2.45, 2.75) is 20.3 Å². The molecule has 1 amide bonds. The lowest BCUT2D eigenvalue weighted by Crippen LogP contribution is -2.41. The zero-order valence-corrected chi connectivity index (χ0v) is 10.7. The molecule has 1 aromatic rings. The Bertz CT molecular complexity index is 418. The van der Waals surface area contributed by atoms with Crippen LogP contribution in [-0.2, 0) is 4.79 Å². The lowest BCUT2D eigenvalue weighted by molar-refractivity contribution is -0.120. The average Bonchev–Trinajstić information content (AvgIpc) is 2.41. The van der Waals surface area contributed by atoms with Crippen LogP contribution < -0.4 is 10.6 Å². The third-order valence-corrected chi connectivity index (χ3v) is 2.83. The average molecular weight is 249 g/mol. The number of nitrogens with zero attached hydrogens (tertiary/aromatic N) is 2. The van der Waals surface area contributed by atoms with Crippen molar-refractivity contribution in [2.24, 2.45) is 16.8 Å². The number of carbonyl (C=O) groups is 1. The van der Waals surface area contributed by atoms with Gasteiger partial charge in [-0.25, -0.2) is 0 Å². The van der Waals surface area contributed by atoms with E-state index in [1.54, 1.807) is 4.90 Å². The van der Waals surface area contributed by atoms with Gasteiger partial charge in [-0.15, -0.1) is 0 Å². The Morgan fingerprint density at radius 2 is 2.00 bits per heavy atom. The monoisotopic (exact) mass is 249 g/mol. The number of nitrogens with two attached hydrogens (primary N) is 1. The summed E-state index contributed by atoms with van der Waals surface area (Å²) in [5, 5.41) is 11.6. The van der Waals surface area contributed by atoms with Gasteiger partial charge in [-0.1, -0.05) is 30.3 Å². The molecule has 0 radical (unpaired) electrons. The first-order chi connectivity index (χ1) is 8.65. The topological polar surface area (TPSA) is 78.9 Å². The number of carbonyl (C=O) groups excluding carboxylic acids is 1. The Morgan fingerprint density at radius 1 is 1.39 bits per heavy atom. The standard InChI is InChI=1S/C13H19N3O2/c1-3-11(12(14)15-18)13(17)16(4-2)10-8-6-5-7-9-10/h5-9,11,18H,3-4H2,1-2H3,(H2,14,15). The summed E-state index contributed by atoms with van der Waals surface area (Å²) < 4.78 is 0. The number of hydrogen-bond acceptors (Lipinski definition) is 3. The first-order valence-electron chi connectivity index (χ1n) is 5.99. The fourth-order valence-electron chi connectivity index (χ4n) is 1.84. The van der Waals surface area contributed by atoms with Gasteiger partial charge in [0.1, 0.15) is 0 Å². The van der Waals surface area contributed by atoms with E-state index in [0.717, 1.165) is 5.69 Å². The van der Waals surface area contributed by atoms with Crippen molar-refractivity contribution in [3.05, 3.63) is 30.3 Å². The summed E-state index contributed by atoms with van der Waals surface area (Å²) in [6, 6.07) is 9.36. The molecule has 0 aliphatic carbocycles. The molecule has 0 bridgehead atoms. The number of amidine groups is 1. The van der Waals surface area contributed by atoms with Crippen molar-refractivity contribution in [3.8, 4) is 0 Å². The lowest BCUT2D eigenvalue weighted by Gasteiger charge is -2.25. The molecule has 0 aliphatic rings. The summed E-state index contributed by atoms with van der Waals surface area (Å²) in [5.41, 5.74) is 6.37. The van der Waals surface area contributed by atoms with Gasteiger partial charge in [-0.05, 0) is 25.5 Å². The molecule has 0 fully saturated rings. The van der Waals surface area contributed by atoms with Crippen LogP contribution in [0.15, 0.2) is 35.5 Å². The van der Waals surface area contributed by atoms with E-state index >= 15 is 0 Å². The van der Waals surface area contributed by atoms with Crippen molar-refractivity contribution in [1.82, 2.24) is 0 Å². The van der Waals surface area contributed by atoms with E-state index in [1.807, 2.05) is 44.2 Å². The molecule has 0 heterocycles. The summed E-state index contributed by atoms with van der Waals surface area (Å²) in [7, 11) is 0. The van der Waals surface area contributed by atoms with E-state index < -0.39 is 5.92 Å². The number of amides is 1. The fraction of sp³-hybridized carbons (Fsp3) is 0.385. The molecule has 5 nitrogen and oxygen atoms in total. The van der Waals surface area contributed by atoms with Gasteiger partial charge in [0.05, 0.1) is 5.92 Å². The highest BCUT2D eigenvalue weighted by Gasteiger charge is 2.26. The van der Waals surface area contributed by atoms with Crippen LogP contribution in [0.3, 0.4) is 0 Å². The maximum Gasteiger partial charge on any atom is 0.237 e. The van der Waals surface area contributed by atoms with Crippen LogP contribution in [0.25, 0.3) is 0 Å². The second-order valence-corrected chi connectivity index (χ2v) is 3.90. The normalized spacial score (nSPS) is 13.1. The van der Waals surface area contributed by atoms with Gasteiger partial charge in [0.15, 0.2) is 5.84 Å². The molecule has 0 saturated carbocycles. The molecule has 5 heteroatoms. The van der Waals surface area contributed by atoms with Crippen LogP contribution in [0.4, 0.5) is 5.69 Å². The summed E-state index contributed by atoms with van der Waals surface area (Å²) in [6.07, 6.45) is 0.498. The predicted molar refractivity (Wildman–Crippen MR) is 71.7 cm³/mol. The molecule has 1 unspecified atom stereocenters. The van der Waals surface area contributed by atoms with Gasteiger partial charge in [0, 0.05) is 12.2 Å². The van der Waals surface area contributed by atoms with Gasteiger partial charge >= 0.3 is 0 Å². The van der Waals surface area contributed by atoms with Crippen LogP contribution >= 0.6 is 0 Å². The highest BCUT2D eigenvalue weighted by atomic mass is 16.4. The third kappa shape index (κ3) is 3.00. The number of anilines is 1. The Kier molecular flexibility index (Phi) is 5.17. The summed E-state index contributed by atoms with van der Waals surface area (Å²) >= 11 is 0. The van der Waals surface area contributed by atoms with Gasteiger partial charge in [0.2, 0.25) is 5.91 Å². The number of benzene rings is 1. The lowest BCUT2D eigenvalue weighted by atomic mass is 10.0. The van der Waals surface area contributed by atoms with Gasteiger partial charge < -0.3 is 15.8 Å². The Balaban J connectivity index is 2.99. The fourth-order valence-corrected chi connectivity index (χ4v) is 1.84. The number of hydrogen-bond donors (Lipinski definition) is 2. The van der Waals surface area contributed by atoms with Crippen LogP contribution in [0.2, 0.25) is 0 Å². The molecule has 0 aromatic heterocycles. The minimum atomic E-state index is -0.588. The zero-order valence-electron chi connectivity index (χ0n) is 10.7. The molecule has 1 rings (SSSR count). The Labute approximate surface area is 107 Å². The van der Waals surface area contributed by atoms with Crippen molar-refractivity contribution < 1.29 is 10.0 Å². The summed E-state index contributed by atoms with van der Waals surface area (Å²) in [6.45, 7) is 4.27. The smallest absolute Gasteiger partial charge is 0.237 e. The van der Waals surface area contributed by atoms with Gasteiger partial charge in [-0.3, -0.25) is 4.79 Å². The molecule has 0 saturated heterocycles. The van der Waals surface area contributed by atoms with E-state index in [4.69, 9.17) is 10.9 Å². The van der Waals surface area contributed by atoms with E-state index in [0.29, 0.717) is 13.0 Å². The molecule has 1 aromatic carbocycles. The van der Waals surface area contributed by atoms with Crippen LogP contribution in [0, 0.1) is 5.92 Å². The van der Waals surface area contributed by atoms with Crippen molar-refractivity contribution in [1.29, 1.82) is 0 Å². The van der Waals surface area contributed by atoms with E-state index in [-0.39, 0.29) is 11.7 Å². The van der Waals surface area contributed by atoms with Gasteiger partial charge in [-0.2, -0.15) is 0 Å². The van der Waals surface area contributed by atoms with Crippen molar-refractivity contribution in [3.63, 3.8) is 0 Å². The Hall–Kier alpha value is -2.04. The minimum Gasteiger partial charge on any atom is -0.409 e. The highest BCUT2D eigenvalue weighted by Crippen LogP contribution is 2.17. The maximum atomic E-state index is 12.4. The van der Waals surface area contributed by atoms with E-state index in [1.165, 1.54) is 0 Å². The molecule has 98 valence electrons. The Morgan fingerprint density at radius 3 is 2.44 bits per heavy atom. The molecular weight excluding hydrogens is 230 g/mol. The maximum absolute atomic E-state index is 12.4. The largest absolute Gasteiger partial charge is 0.409 e. The summed E-state index contributed by atoms with van der Waals surface area (Å²) in [5.74, 6) is -0.784. The SMILES string of the molecule is CCC(C(=O)N(CC)c1ccccc1)/C(N)=N/O. The predicted octanol–water partition coefficient (Wildman–Crippen LogP) is 1.81. The molecule has 1 atom stereocenters. The first-order valence-corrected chi connectivity index (χ1v) is 5.99. The second kappa shape index (κ2) is 6.64. The number of oxime groups is 1. The molecule has 18 heavy (non-hydrogen) atoms. The van der Waals surface area contributed by atoms with E-state index in [9.17, 15) is 4.79 Å². The second-order valence-electron chi connectivity index (χ2n) is 3.90. The quantitative estimate of drug-likeness (QED) is 0.361. The van der Waals surface area contributed by atoms with Crippen LogP contribution in [-0.4, -0.2) is 23.5 Å². The van der Waals surface area contributed by atoms with Gasteiger partial charge in [0.25, 0.3) is 0 Å². The molecule has 0 spiro atoms. The third-order valence-electron chi connectivity index (χ3n) is 2.83. The van der Waals surface area contributed by atoms with Crippen molar-refractivity contribution in [2.75, 3.05) is 11.4 Å². The first kappa shape index (κ1) is 14.0. The summed E-state index contributed by atoms with van der Waals surface area (Å²) in [4.78, 5) is 14.0. The van der Waals surface area contributed by atoms with E-state index in [2.05, 4.69) is 5.16 Å². The highest BCUT2D eigenvalue weighted by molar-refractivity contribution is 6.08. The van der Waals surface area contributed by atoms with Crippen molar-refractivity contribution >= 4 is 17.4 Å². The minimum absolute atomic E-state index is 0.0446. The molecular formula is C13H19N3O2. The zero-order chi connectivity index (χ0) is 13.5. The number of rotatable bonds is 5. The number of para-hydroxylation sites is 1. The molecule has 3 N–H and O–H groups in total.